The predicted octanol–water partition coefficient (Wildman–Crippen LogP) is 5.17. The molecule has 1 saturated carbocycles. The lowest BCUT2D eigenvalue weighted by molar-refractivity contribution is 0.00911. The Hall–Kier alpha value is -3.62. The van der Waals surface area contributed by atoms with Crippen LogP contribution in [0.2, 0.25) is 5.02 Å². The molecule has 214 valence electrons. The molecule has 1 aliphatic carbocycles. The largest absolute Gasteiger partial charge is 0.395 e. The molecule has 4 N–H and O–H groups in total. The number of hydrazine groups is 2. The molecular weight excluding hydrogens is 562 g/mol. The number of nitrogens with one attached hydrogen (secondary N) is 4. The highest BCUT2D eigenvalue weighted by Gasteiger charge is 2.56. The monoisotopic (exact) mass is 590 g/mol. The average molecular weight is 591 g/mol. The number of hydrogen-bond acceptors (Lipinski definition) is 8. The number of alkyl halides is 2. The maximum Gasteiger partial charge on any atom is 0.262 e. The highest BCUT2D eigenvalue weighted by molar-refractivity contribution is 6.42. The van der Waals surface area contributed by atoms with Gasteiger partial charge in [-0.05, 0) is 48.7 Å². The van der Waals surface area contributed by atoms with Crippen molar-refractivity contribution in [2.24, 2.45) is 5.41 Å². The molecule has 1 aliphatic heterocycles. The molecule has 3 heterocycles. The van der Waals surface area contributed by atoms with Crippen molar-refractivity contribution in [2.75, 3.05) is 10.6 Å². The molecule has 0 bridgehead atoms. The fraction of sp³-hybridized carbons (Fsp3) is 0.393. The summed E-state index contributed by atoms with van der Waals surface area (Å²) in [6.07, 6.45) is 1.08. The Morgan fingerprint density at radius 1 is 1.21 bits per heavy atom. The molecule has 2 aromatic heterocycles. The van der Waals surface area contributed by atoms with Crippen molar-refractivity contribution in [1.29, 1.82) is 5.26 Å². The number of nitrogens with zero attached hydrogens (tertiary/aromatic N) is 4. The molecule has 42 heavy (non-hydrogen) atoms. The van der Waals surface area contributed by atoms with E-state index in [1.807, 2.05) is 20.8 Å². The van der Waals surface area contributed by atoms with E-state index in [2.05, 4.69) is 37.6 Å². The molecule has 1 aromatic carbocycles. The van der Waals surface area contributed by atoms with Crippen LogP contribution in [0.15, 0.2) is 42.4 Å². The Kier molecular flexibility index (Phi) is 7.52. The number of benzene rings is 1. The summed E-state index contributed by atoms with van der Waals surface area (Å²) in [4.78, 5) is 8.34. The van der Waals surface area contributed by atoms with Gasteiger partial charge in [-0.1, -0.05) is 38.4 Å². The van der Waals surface area contributed by atoms with Crippen LogP contribution in [0, 0.1) is 29.6 Å². The Bertz CT molecular complexity index is 1620. The van der Waals surface area contributed by atoms with Crippen molar-refractivity contribution in [3.8, 4) is 6.07 Å². The molecule has 4 radical (unpaired) electrons. The molecule has 0 spiro atoms. The van der Waals surface area contributed by atoms with Crippen LogP contribution in [-0.2, 0) is 0 Å². The number of aryl methyl sites for hydroxylation is 1. The quantitative estimate of drug-likeness (QED) is 0.211. The molecule has 3 aromatic rings. The number of nitriles is 1. The van der Waals surface area contributed by atoms with Crippen molar-refractivity contribution in [1.82, 2.24) is 25.9 Å². The lowest BCUT2D eigenvalue weighted by Crippen LogP contribution is -2.51. The number of aromatic nitrogens is 2. The Morgan fingerprint density at radius 2 is 1.93 bits per heavy atom. The van der Waals surface area contributed by atoms with Gasteiger partial charge in [-0.2, -0.15) is 9.65 Å². The summed E-state index contributed by atoms with van der Waals surface area (Å²) in [6, 6.07) is 7.61. The molecule has 5 rings (SSSR count). The van der Waals surface area contributed by atoms with E-state index in [9.17, 15) is 18.4 Å². The van der Waals surface area contributed by atoms with Crippen molar-refractivity contribution in [3.63, 3.8) is 0 Å². The van der Waals surface area contributed by atoms with Gasteiger partial charge in [0.2, 0.25) is 5.95 Å². The van der Waals surface area contributed by atoms with Crippen molar-refractivity contribution < 1.29 is 13.2 Å². The first-order valence-electron chi connectivity index (χ1n) is 13.3. The summed E-state index contributed by atoms with van der Waals surface area (Å²) in [5.74, 6) is -0.650. The van der Waals surface area contributed by atoms with E-state index < -0.39 is 34.7 Å². The second-order valence-electron chi connectivity index (χ2n) is 11.7. The van der Waals surface area contributed by atoms with Gasteiger partial charge in [0.25, 0.3) is 6.43 Å². The number of fused-ring (bicyclic) bond motifs is 1. The third kappa shape index (κ3) is 5.34. The van der Waals surface area contributed by atoms with E-state index in [4.69, 9.17) is 27.3 Å². The van der Waals surface area contributed by atoms with Crippen LogP contribution in [0.5, 0.6) is 0 Å². The summed E-state index contributed by atoms with van der Waals surface area (Å²) in [5.41, 5.74) is 6.84. The summed E-state index contributed by atoms with van der Waals surface area (Å²) >= 11 is 6.69. The third-order valence-corrected chi connectivity index (χ3v) is 8.17. The molecule has 1 fully saturated rings. The van der Waals surface area contributed by atoms with Crippen LogP contribution in [0.1, 0.15) is 56.5 Å². The topological polar surface area (TPSA) is 101 Å². The molecule has 2 aliphatic rings. The lowest BCUT2D eigenvalue weighted by atomic mass is 9.49. The predicted molar refractivity (Wildman–Crippen MR) is 158 cm³/mol. The fourth-order valence-electron chi connectivity index (χ4n) is 4.70. The number of anilines is 2. The SMILES string of the molecule is [B]C([B])(Nc1c(C#N)cnc2c(Cl)cc(N[C@H](C3=CN(C4(C(F)F)CC4)NN3)c3ccc(F)nc3C)cc12)C(C)(C)C. The minimum Gasteiger partial charge on any atom is -0.395 e. The molecule has 14 heteroatoms. The molecular formula is C28H28B2ClF3N8. The van der Waals surface area contributed by atoms with Crippen LogP contribution >= 0.6 is 11.6 Å². The number of halogens is 4. The van der Waals surface area contributed by atoms with Crippen LogP contribution in [0.25, 0.3) is 10.9 Å². The zero-order valence-corrected chi connectivity index (χ0v) is 24.2. The zero-order valence-electron chi connectivity index (χ0n) is 23.5. The van der Waals surface area contributed by atoms with E-state index in [1.165, 1.54) is 17.3 Å². The van der Waals surface area contributed by atoms with Gasteiger partial charge in [0, 0.05) is 34.7 Å². The van der Waals surface area contributed by atoms with Crippen LogP contribution in [0.4, 0.5) is 24.5 Å². The normalized spacial score (nSPS) is 17.0. The standard InChI is InChI=1S/C28H28B2ClF3N8/c1-14-17(5-6-21(32)37-14)24(20-13-42(41-40-20)27(7-8-27)25(33)34)38-16-9-18-22(39-28(29,30)26(2,3)4)15(11-35)12-36-23(18)19(31)10-16/h5-6,9-10,12-13,24-25,38,40-41H,7-8H2,1-4H3,(H,36,39)/t24-/m0/s1. The number of hydrogen-bond donors (Lipinski definition) is 4. The molecule has 0 saturated heterocycles. The van der Waals surface area contributed by atoms with Gasteiger partial charge in [0.15, 0.2) is 0 Å². The van der Waals surface area contributed by atoms with Gasteiger partial charge in [-0.3, -0.25) is 9.99 Å². The van der Waals surface area contributed by atoms with E-state index in [0.717, 1.165) is 0 Å². The first-order valence-corrected chi connectivity index (χ1v) is 13.6. The number of rotatable bonds is 8. The highest BCUT2D eigenvalue weighted by Crippen LogP contribution is 2.47. The van der Waals surface area contributed by atoms with E-state index in [0.29, 0.717) is 52.1 Å². The maximum absolute atomic E-state index is 13.9. The highest BCUT2D eigenvalue weighted by atomic mass is 35.5. The second kappa shape index (κ2) is 10.6. The van der Waals surface area contributed by atoms with Crippen molar-refractivity contribution in [2.45, 2.75) is 63.9 Å². The van der Waals surface area contributed by atoms with Gasteiger partial charge >= 0.3 is 0 Å². The Balaban J connectivity index is 1.61. The maximum atomic E-state index is 13.9. The fourth-order valence-corrected chi connectivity index (χ4v) is 4.97. The molecule has 0 unspecified atom stereocenters. The molecule has 0 amide bonds. The minimum absolute atomic E-state index is 0.206. The Labute approximate surface area is 249 Å². The zero-order chi connectivity index (χ0) is 30.6. The third-order valence-electron chi connectivity index (χ3n) is 7.88. The van der Waals surface area contributed by atoms with Gasteiger partial charge in [-0.15, -0.1) is 5.53 Å². The molecule has 8 nitrogen and oxygen atoms in total. The minimum atomic E-state index is -2.56. The van der Waals surface area contributed by atoms with Gasteiger partial charge < -0.3 is 16.1 Å². The van der Waals surface area contributed by atoms with Gasteiger partial charge in [0.05, 0.1) is 49.2 Å². The van der Waals surface area contributed by atoms with E-state index in [1.54, 1.807) is 31.3 Å². The van der Waals surface area contributed by atoms with Crippen LogP contribution in [0.3, 0.4) is 0 Å². The molecule has 1 atom stereocenters. The summed E-state index contributed by atoms with van der Waals surface area (Å²) in [5, 5.41) is 17.1. The van der Waals surface area contributed by atoms with E-state index in [-0.39, 0.29) is 10.6 Å². The van der Waals surface area contributed by atoms with Crippen molar-refractivity contribution in [3.05, 3.63) is 70.2 Å². The lowest BCUT2D eigenvalue weighted by Gasteiger charge is -2.42. The number of pyridine rings is 2. The summed E-state index contributed by atoms with van der Waals surface area (Å²) < 4.78 is 41.6. The first kappa shape index (κ1) is 29.9. The van der Waals surface area contributed by atoms with Crippen LogP contribution in [-0.4, -0.2) is 48.0 Å². The van der Waals surface area contributed by atoms with E-state index >= 15 is 0 Å². The summed E-state index contributed by atoms with van der Waals surface area (Å²) in [6.45, 7) is 7.23. The smallest absolute Gasteiger partial charge is 0.262 e. The van der Waals surface area contributed by atoms with Crippen LogP contribution < -0.4 is 21.6 Å². The average Bonchev–Trinajstić information content (AvgIpc) is 3.57. The first-order chi connectivity index (χ1) is 19.7. The Morgan fingerprint density at radius 3 is 2.52 bits per heavy atom. The van der Waals surface area contributed by atoms with Gasteiger partial charge in [0.1, 0.15) is 11.6 Å². The van der Waals surface area contributed by atoms with Gasteiger partial charge in [-0.25, -0.2) is 13.8 Å². The second-order valence-corrected chi connectivity index (χ2v) is 12.1. The van der Waals surface area contributed by atoms with Crippen molar-refractivity contribution >= 4 is 49.6 Å². The summed E-state index contributed by atoms with van der Waals surface area (Å²) in [7, 11) is 12.9.